The molecule has 0 saturated heterocycles. The van der Waals surface area contributed by atoms with Crippen molar-refractivity contribution in [3.05, 3.63) is 58.6 Å². The Morgan fingerprint density at radius 3 is 2.35 bits per heavy atom. The SMILES string of the molecule is CCN(CC)c1ccc(NC(=O)CCNc2ccccc2[N+](=O)[O-])cc1. The molecule has 2 N–H and O–H groups in total. The minimum absolute atomic E-state index is 0.0000931. The first kappa shape index (κ1) is 19.2. The van der Waals surface area contributed by atoms with Crippen molar-refractivity contribution in [1.29, 1.82) is 0 Å². The second-order valence-electron chi connectivity index (χ2n) is 5.72. The Morgan fingerprint density at radius 1 is 1.08 bits per heavy atom. The molecule has 0 aliphatic carbocycles. The van der Waals surface area contributed by atoms with Gasteiger partial charge in [-0.2, -0.15) is 0 Å². The van der Waals surface area contributed by atoms with E-state index in [1.807, 2.05) is 24.3 Å². The maximum Gasteiger partial charge on any atom is 0.292 e. The minimum atomic E-state index is -0.445. The van der Waals surface area contributed by atoms with Crippen molar-refractivity contribution in [2.24, 2.45) is 0 Å². The lowest BCUT2D eigenvalue weighted by Crippen LogP contribution is -2.21. The summed E-state index contributed by atoms with van der Waals surface area (Å²) in [5.41, 5.74) is 2.26. The van der Waals surface area contributed by atoms with Crippen molar-refractivity contribution in [2.75, 3.05) is 35.2 Å². The van der Waals surface area contributed by atoms with E-state index in [-0.39, 0.29) is 18.0 Å². The number of benzene rings is 2. The van der Waals surface area contributed by atoms with Gasteiger partial charge >= 0.3 is 0 Å². The van der Waals surface area contributed by atoms with Gasteiger partial charge in [0.2, 0.25) is 5.91 Å². The molecule has 2 aromatic carbocycles. The van der Waals surface area contributed by atoms with Crippen LogP contribution in [0, 0.1) is 10.1 Å². The molecule has 1 amide bonds. The fraction of sp³-hybridized carbons (Fsp3) is 0.316. The van der Waals surface area contributed by atoms with Crippen molar-refractivity contribution in [2.45, 2.75) is 20.3 Å². The molecule has 0 unspecified atom stereocenters. The van der Waals surface area contributed by atoms with Crippen LogP contribution in [0.3, 0.4) is 0 Å². The Bertz CT molecular complexity index is 743. The third-order valence-corrected chi connectivity index (χ3v) is 4.05. The van der Waals surface area contributed by atoms with Crippen LogP contribution >= 0.6 is 0 Å². The molecule has 26 heavy (non-hydrogen) atoms. The number of nitrogens with zero attached hydrogens (tertiary/aromatic N) is 2. The molecule has 0 radical (unpaired) electrons. The van der Waals surface area contributed by atoms with Crippen LogP contribution in [0.1, 0.15) is 20.3 Å². The summed E-state index contributed by atoms with van der Waals surface area (Å²) in [6.07, 6.45) is 0.212. The van der Waals surface area contributed by atoms with Gasteiger partial charge in [0.05, 0.1) is 4.92 Å². The average molecular weight is 356 g/mol. The van der Waals surface area contributed by atoms with Crippen LogP contribution in [0.2, 0.25) is 0 Å². The number of nitro benzene ring substituents is 1. The average Bonchev–Trinajstić information content (AvgIpc) is 2.64. The van der Waals surface area contributed by atoms with Crippen LogP contribution < -0.4 is 15.5 Å². The number of carbonyl (C=O) groups excluding carboxylic acids is 1. The Labute approximate surface area is 153 Å². The quantitative estimate of drug-likeness (QED) is 0.526. The fourth-order valence-electron chi connectivity index (χ4n) is 2.66. The van der Waals surface area contributed by atoms with E-state index in [0.29, 0.717) is 12.2 Å². The Morgan fingerprint density at radius 2 is 1.73 bits per heavy atom. The summed E-state index contributed by atoms with van der Waals surface area (Å²) in [4.78, 5) is 24.8. The molecular formula is C19H24N4O3. The van der Waals surface area contributed by atoms with Crippen molar-refractivity contribution in [3.63, 3.8) is 0 Å². The molecule has 7 heteroatoms. The molecule has 0 aromatic heterocycles. The highest BCUT2D eigenvalue weighted by molar-refractivity contribution is 5.91. The van der Waals surface area contributed by atoms with Gasteiger partial charge in [0, 0.05) is 43.5 Å². The van der Waals surface area contributed by atoms with Crippen molar-refractivity contribution in [3.8, 4) is 0 Å². The number of hydrogen-bond acceptors (Lipinski definition) is 5. The first-order chi connectivity index (χ1) is 12.5. The minimum Gasteiger partial charge on any atom is -0.379 e. The van der Waals surface area contributed by atoms with Crippen LogP contribution in [-0.2, 0) is 4.79 Å². The zero-order valence-corrected chi connectivity index (χ0v) is 15.1. The molecule has 0 atom stereocenters. The lowest BCUT2D eigenvalue weighted by atomic mass is 10.2. The van der Waals surface area contributed by atoms with Gasteiger partial charge in [0.1, 0.15) is 5.69 Å². The zero-order valence-electron chi connectivity index (χ0n) is 15.1. The van der Waals surface area contributed by atoms with Crippen LogP contribution in [0.5, 0.6) is 0 Å². The maximum atomic E-state index is 12.1. The molecule has 0 aliphatic heterocycles. The van der Waals surface area contributed by atoms with E-state index < -0.39 is 4.92 Å². The van der Waals surface area contributed by atoms with Gasteiger partial charge in [-0.05, 0) is 44.2 Å². The number of para-hydroxylation sites is 2. The normalized spacial score (nSPS) is 10.2. The molecule has 0 heterocycles. The van der Waals surface area contributed by atoms with Gasteiger partial charge in [-0.15, -0.1) is 0 Å². The predicted octanol–water partition coefficient (Wildman–Crippen LogP) is 3.88. The number of carbonyl (C=O) groups is 1. The number of anilines is 3. The van der Waals surface area contributed by atoms with Crippen molar-refractivity contribution in [1.82, 2.24) is 0 Å². The Hall–Kier alpha value is -3.09. The van der Waals surface area contributed by atoms with Gasteiger partial charge in [-0.1, -0.05) is 12.1 Å². The summed E-state index contributed by atoms with van der Waals surface area (Å²) in [7, 11) is 0. The maximum absolute atomic E-state index is 12.1. The lowest BCUT2D eigenvalue weighted by molar-refractivity contribution is -0.384. The van der Waals surface area contributed by atoms with Crippen LogP contribution in [0.4, 0.5) is 22.7 Å². The second kappa shape index (κ2) is 9.41. The summed E-state index contributed by atoms with van der Waals surface area (Å²) in [5.74, 6) is -0.147. The molecule has 0 aliphatic rings. The molecule has 138 valence electrons. The van der Waals surface area contributed by atoms with E-state index >= 15 is 0 Å². The highest BCUT2D eigenvalue weighted by atomic mass is 16.6. The first-order valence-electron chi connectivity index (χ1n) is 8.67. The van der Waals surface area contributed by atoms with Gasteiger partial charge in [0.15, 0.2) is 0 Å². The van der Waals surface area contributed by atoms with E-state index in [4.69, 9.17) is 0 Å². The van der Waals surface area contributed by atoms with Gasteiger partial charge < -0.3 is 15.5 Å². The largest absolute Gasteiger partial charge is 0.379 e. The van der Waals surface area contributed by atoms with Crippen LogP contribution in [0.25, 0.3) is 0 Å². The summed E-state index contributed by atoms with van der Waals surface area (Å²) < 4.78 is 0. The van der Waals surface area contributed by atoms with E-state index in [1.54, 1.807) is 18.2 Å². The molecule has 2 rings (SSSR count). The molecule has 0 saturated carbocycles. The standard InChI is InChI=1S/C19H24N4O3/c1-3-22(4-2)16-11-9-15(10-12-16)21-19(24)13-14-20-17-7-5-6-8-18(17)23(25)26/h5-12,20H,3-4,13-14H2,1-2H3,(H,21,24). The summed E-state index contributed by atoms with van der Waals surface area (Å²) >= 11 is 0. The predicted molar refractivity (Wildman–Crippen MR) is 105 cm³/mol. The molecule has 0 fully saturated rings. The highest BCUT2D eigenvalue weighted by Gasteiger charge is 2.12. The number of nitro groups is 1. The molecule has 0 bridgehead atoms. The number of hydrogen-bond donors (Lipinski definition) is 2. The van der Waals surface area contributed by atoms with Crippen molar-refractivity contribution < 1.29 is 9.72 Å². The molecular weight excluding hydrogens is 332 g/mol. The number of nitrogens with one attached hydrogen (secondary N) is 2. The Kier molecular flexibility index (Phi) is 6.96. The summed E-state index contributed by atoms with van der Waals surface area (Å²) in [5, 5.41) is 16.7. The number of amides is 1. The van der Waals surface area contributed by atoms with Crippen LogP contribution in [-0.4, -0.2) is 30.5 Å². The topological polar surface area (TPSA) is 87.5 Å². The third kappa shape index (κ3) is 5.20. The van der Waals surface area contributed by atoms with Gasteiger partial charge in [0.25, 0.3) is 5.69 Å². The molecule has 2 aromatic rings. The van der Waals surface area contributed by atoms with Gasteiger partial charge in [-0.25, -0.2) is 0 Å². The zero-order chi connectivity index (χ0) is 18.9. The summed E-state index contributed by atoms with van der Waals surface area (Å²) in [6.45, 7) is 6.37. The second-order valence-corrected chi connectivity index (χ2v) is 5.72. The molecule has 7 nitrogen and oxygen atoms in total. The van der Waals surface area contributed by atoms with E-state index in [2.05, 4.69) is 29.4 Å². The van der Waals surface area contributed by atoms with Gasteiger partial charge in [-0.3, -0.25) is 14.9 Å². The first-order valence-corrected chi connectivity index (χ1v) is 8.67. The fourth-order valence-corrected chi connectivity index (χ4v) is 2.66. The smallest absolute Gasteiger partial charge is 0.292 e. The molecule has 0 spiro atoms. The van der Waals surface area contributed by atoms with E-state index in [1.165, 1.54) is 6.07 Å². The monoisotopic (exact) mass is 356 g/mol. The third-order valence-electron chi connectivity index (χ3n) is 4.05. The lowest BCUT2D eigenvalue weighted by Gasteiger charge is -2.21. The van der Waals surface area contributed by atoms with Crippen LogP contribution in [0.15, 0.2) is 48.5 Å². The summed E-state index contributed by atoms with van der Waals surface area (Å²) in [6, 6.07) is 14.1. The van der Waals surface area contributed by atoms with Crippen molar-refractivity contribution >= 4 is 28.7 Å². The Balaban J connectivity index is 1.85. The highest BCUT2D eigenvalue weighted by Crippen LogP contribution is 2.23. The number of rotatable bonds is 9. The van der Waals surface area contributed by atoms with E-state index in [9.17, 15) is 14.9 Å². The van der Waals surface area contributed by atoms with E-state index in [0.717, 1.165) is 24.5 Å².